The third-order valence-corrected chi connectivity index (χ3v) is 2.99. The second kappa shape index (κ2) is 8.84. The van der Waals surface area contributed by atoms with E-state index in [-0.39, 0.29) is 23.6 Å². The summed E-state index contributed by atoms with van der Waals surface area (Å²) in [6.07, 6.45) is 4.41. The fourth-order valence-corrected chi connectivity index (χ4v) is 1.77. The van der Waals surface area contributed by atoms with Crippen molar-refractivity contribution in [1.82, 2.24) is 0 Å². The summed E-state index contributed by atoms with van der Waals surface area (Å²) in [6, 6.07) is 5.07. The molecule has 21 heavy (non-hydrogen) atoms. The lowest BCUT2D eigenvalue weighted by Crippen LogP contribution is -2.13. The van der Waals surface area contributed by atoms with Crippen molar-refractivity contribution in [3.63, 3.8) is 0 Å². The van der Waals surface area contributed by atoms with Gasteiger partial charge in [0.2, 0.25) is 0 Å². The number of hydrogen-bond acceptors (Lipinski definition) is 5. The molecule has 0 amide bonds. The predicted molar refractivity (Wildman–Crippen MR) is 77.1 cm³/mol. The number of hydrogen-bond donors (Lipinski definition) is 0. The summed E-state index contributed by atoms with van der Waals surface area (Å²) in [4.78, 5) is 33.1. The van der Waals surface area contributed by atoms with E-state index in [9.17, 15) is 19.7 Å². The predicted octanol–water partition coefficient (Wildman–Crippen LogP) is 3.29. The van der Waals surface area contributed by atoms with Crippen LogP contribution in [0.25, 0.3) is 0 Å². The lowest BCUT2D eigenvalue weighted by atomic mass is 10.1. The van der Waals surface area contributed by atoms with Gasteiger partial charge in [-0.3, -0.25) is 14.9 Å². The van der Waals surface area contributed by atoms with E-state index in [2.05, 4.69) is 6.92 Å². The number of nitro benzene ring substituents is 1. The van der Waals surface area contributed by atoms with E-state index in [4.69, 9.17) is 4.74 Å². The van der Waals surface area contributed by atoms with Crippen LogP contribution in [-0.2, 0) is 9.53 Å². The summed E-state index contributed by atoms with van der Waals surface area (Å²) >= 11 is 0. The Kier molecular flexibility index (Phi) is 7.08. The number of benzene rings is 1. The molecule has 0 aliphatic rings. The molecule has 0 aromatic heterocycles. The molecule has 0 atom stereocenters. The SMILES string of the molecule is CCCCCCC(=O)COC(=O)c1ccc([N+](=O)[O-])cc1. The van der Waals surface area contributed by atoms with Gasteiger partial charge in [0.25, 0.3) is 5.69 Å². The van der Waals surface area contributed by atoms with E-state index < -0.39 is 10.9 Å². The zero-order chi connectivity index (χ0) is 15.7. The van der Waals surface area contributed by atoms with Crippen LogP contribution in [0.3, 0.4) is 0 Å². The third kappa shape index (κ3) is 6.16. The Morgan fingerprint density at radius 1 is 1.14 bits per heavy atom. The Morgan fingerprint density at radius 2 is 1.81 bits per heavy atom. The molecule has 0 spiro atoms. The van der Waals surface area contributed by atoms with E-state index in [0.29, 0.717) is 6.42 Å². The summed E-state index contributed by atoms with van der Waals surface area (Å²) in [7, 11) is 0. The van der Waals surface area contributed by atoms with Crippen LogP contribution in [0, 0.1) is 10.1 Å². The highest BCUT2D eigenvalue weighted by Crippen LogP contribution is 2.12. The smallest absolute Gasteiger partial charge is 0.338 e. The molecule has 0 saturated carbocycles. The monoisotopic (exact) mass is 293 g/mol. The van der Waals surface area contributed by atoms with Crippen molar-refractivity contribution in [3.05, 3.63) is 39.9 Å². The molecule has 0 aliphatic carbocycles. The number of nitro groups is 1. The average Bonchev–Trinajstić information content (AvgIpc) is 2.49. The van der Waals surface area contributed by atoms with Crippen LogP contribution in [0.2, 0.25) is 0 Å². The molecule has 0 radical (unpaired) electrons. The summed E-state index contributed by atoms with van der Waals surface area (Å²) in [5, 5.41) is 10.5. The second-order valence-corrected chi connectivity index (χ2v) is 4.73. The fourth-order valence-electron chi connectivity index (χ4n) is 1.77. The normalized spacial score (nSPS) is 10.1. The minimum absolute atomic E-state index is 0.0986. The van der Waals surface area contributed by atoms with Crippen LogP contribution in [0.1, 0.15) is 49.4 Å². The second-order valence-electron chi connectivity index (χ2n) is 4.73. The fraction of sp³-hybridized carbons (Fsp3) is 0.467. The lowest BCUT2D eigenvalue weighted by molar-refractivity contribution is -0.384. The van der Waals surface area contributed by atoms with Gasteiger partial charge in [-0.25, -0.2) is 4.79 Å². The van der Waals surface area contributed by atoms with Crippen LogP contribution < -0.4 is 0 Å². The molecule has 1 aromatic rings. The Bertz CT molecular complexity index is 495. The van der Waals surface area contributed by atoms with E-state index in [0.717, 1.165) is 25.7 Å². The maximum Gasteiger partial charge on any atom is 0.338 e. The van der Waals surface area contributed by atoms with Gasteiger partial charge in [-0.2, -0.15) is 0 Å². The topological polar surface area (TPSA) is 86.5 Å². The highest BCUT2D eigenvalue weighted by Gasteiger charge is 2.12. The molecule has 0 fully saturated rings. The number of carbonyl (C=O) groups excluding carboxylic acids is 2. The molecular formula is C15H19NO5. The highest BCUT2D eigenvalue weighted by molar-refractivity contribution is 5.91. The maximum atomic E-state index is 11.7. The number of unbranched alkanes of at least 4 members (excludes halogenated alkanes) is 3. The number of nitrogens with zero attached hydrogens (tertiary/aromatic N) is 1. The van der Waals surface area contributed by atoms with Crippen molar-refractivity contribution in [3.8, 4) is 0 Å². The van der Waals surface area contributed by atoms with Crippen molar-refractivity contribution in [1.29, 1.82) is 0 Å². The van der Waals surface area contributed by atoms with Gasteiger partial charge >= 0.3 is 5.97 Å². The zero-order valence-corrected chi connectivity index (χ0v) is 12.0. The van der Waals surface area contributed by atoms with Crippen LogP contribution >= 0.6 is 0 Å². The Hall–Kier alpha value is -2.24. The first-order valence-corrected chi connectivity index (χ1v) is 6.98. The van der Waals surface area contributed by atoms with Gasteiger partial charge in [0.1, 0.15) is 6.61 Å². The van der Waals surface area contributed by atoms with Crippen LogP contribution in [0.4, 0.5) is 5.69 Å². The van der Waals surface area contributed by atoms with Crippen LogP contribution in [0.5, 0.6) is 0 Å². The van der Waals surface area contributed by atoms with Crippen LogP contribution in [0.15, 0.2) is 24.3 Å². The molecule has 1 rings (SSSR count). The average molecular weight is 293 g/mol. The third-order valence-electron chi connectivity index (χ3n) is 2.99. The summed E-state index contributed by atoms with van der Waals surface area (Å²) < 4.78 is 4.89. The molecule has 0 aliphatic heterocycles. The van der Waals surface area contributed by atoms with Crippen molar-refractivity contribution < 1.29 is 19.2 Å². The highest BCUT2D eigenvalue weighted by atomic mass is 16.6. The summed E-state index contributed by atoms with van der Waals surface area (Å²) in [5.41, 5.74) is 0.0953. The number of carbonyl (C=O) groups is 2. The summed E-state index contributed by atoms with van der Waals surface area (Å²) in [6.45, 7) is 1.84. The van der Waals surface area contributed by atoms with Gasteiger partial charge < -0.3 is 4.74 Å². The minimum Gasteiger partial charge on any atom is -0.454 e. The van der Waals surface area contributed by atoms with Crippen molar-refractivity contribution >= 4 is 17.4 Å². The number of esters is 1. The van der Waals surface area contributed by atoms with Crippen molar-refractivity contribution in [2.24, 2.45) is 0 Å². The minimum atomic E-state index is -0.646. The van der Waals surface area contributed by atoms with Gasteiger partial charge in [-0.1, -0.05) is 26.2 Å². The number of ketones is 1. The molecule has 6 heteroatoms. The molecule has 114 valence electrons. The molecule has 0 N–H and O–H groups in total. The standard InChI is InChI=1S/C15H19NO5/c1-2-3-4-5-6-14(17)11-21-15(18)12-7-9-13(10-8-12)16(19)20/h7-10H,2-6,11H2,1H3. The maximum absolute atomic E-state index is 11.7. The molecular weight excluding hydrogens is 274 g/mol. The number of Topliss-reactive ketones (excluding diaryl/α,β-unsaturated/α-hetero) is 1. The zero-order valence-electron chi connectivity index (χ0n) is 12.0. The van der Waals surface area contributed by atoms with Crippen molar-refractivity contribution in [2.75, 3.05) is 6.61 Å². The van der Waals surface area contributed by atoms with Crippen molar-refractivity contribution in [2.45, 2.75) is 39.0 Å². The number of ether oxygens (including phenoxy) is 1. The molecule has 0 bridgehead atoms. The number of non-ortho nitro benzene ring substituents is 1. The first-order chi connectivity index (χ1) is 10.0. The molecule has 0 heterocycles. The molecule has 0 unspecified atom stereocenters. The van der Waals surface area contributed by atoms with E-state index in [1.165, 1.54) is 24.3 Å². The lowest BCUT2D eigenvalue weighted by Gasteiger charge is -2.04. The first-order valence-electron chi connectivity index (χ1n) is 6.98. The van der Waals surface area contributed by atoms with E-state index in [1.807, 2.05) is 0 Å². The first kappa shape index (κ1) is 16.8. The van der Waals surface area contributed by atoms with Gasteiger partial charge in [-0.05, 0) is 18.6 Å². The largest absolute Gasteiger partial charge is 0.454 e. The van der Waals surface area contributed by atoms with E-state index >= 15 is 0 Å². The van der Waals surface area contributed by atoms with E-state index in [1.54, 1.807) is 0 Å². The Balaban J connectivity index is 2.36. The quantitative estimate of drug-likeness (QED) is 0.302. The Labute approximate surface area is 123 Å². The van der Waals surface area contributed by atoms with Gasteiger partial charge in [0.15, 0.2) is 5.78 Å². The molecule has 1 aromatic carbocycles. The molecule has 6 nitrogen and oxygen atoms in total. The molecule has 0 saturated heterocycles. The van der Waals surface area contributed by atoms with Gasteiger partial charge in [-0.15, -0.1) is 0 Å². The summed E-state index contributed by atoms with van der Waals surface area (Å²) in [5.74, 6) is -0.756. The van der Waals surface area contributed by atoms with Crippen LogP contribution in [-0.4, -0.2) is 23.3 Å². The van der Waals surface area contributed by atoms with Gasteiger partial charge in [0, 0.05) is 18.6 Å². The number of rotatable bonds is 9. The Morgan fingerprint density at radius 3 is 2.38 bits per heavy atom. The van der Waals surface area contributed by atoms with Gasteiger partial charge in [0.05, 0.1) is 10.5 Å².